The van der Waals surface area contributed by atoms with E-state index >= 15 is 0 Å². The SMILES string of the molecule is CC/C=C/[C@@](O)(C=O)C1CCC1CN1CC(c2ccc(Cl)cc2CCC)COc2ccc(C(=O)NS(=O)C(C)C)cc21. The minimum Gasteiger partial charge on any atom is -0.491 e. The van der Waals surface area contributed by atoms with Crippen LogP contribution in [0.4, 0.5) is 5.69 Å². The second-order valence-electron chi connectivity index (χ2n) is 11.7. The highest BCUT2D eigenvalue weighted by molar-refractivity contribution is 7.84. The first-order valence-corrected chi connectivity index (χ1v) is 16.6. The van der Waals surface area contributed by atoms with Crippen LogP contribution in [0.1, 0.15) is 80.8 Å². The molecule has 228 valence electrons. The second-order valence-corrected chi connectivity index (χ2v) is 13.9. The molecule has 4 rings (SSSR count). The molecular formula is C33H43ClN2O5S. The highest BCUT2D eigenvalue weighted by Gasteiger charge is 2.46. The Balaban J connectivity index is 1.70. The van der Waals surface area contributed by atoms with E-state index in [9.17, 15) is 18.9 Å². The summed E-state index contributed by atoms with van der Waals surface area (Å²) in [5.41, 5.74) is 2.05. The van der Waals surface area contributed by atoms with Crippen molar-refractivity contribution in [3.63, 3.8) is 0 Å². The van der Waals surface area contributed by atoms with E-state index in [0.29, 0.717) is 42.3 Å². The number of hydrogen-bond donors (Lipinski definition) is 2. The highest BCUT2D eigenvalue weighted by Crippen LogP contribution is 2.45. The summed E-state index contributed by atoms with van der Waals surface area (Å²) in [6.07, 6.45) is 8.42. The van der Waals surface area contributed by atoms with Crippen LogP contribution < -0.4 is 14.4 Å². The first-order valence-electron chi connectivity index (χ1n) is 15.0. The van der Waals surface area contributed by atoms with Gasteiger partial charge in [0.15, 0.2) is 6.29 Å². The Labute approximate surface area is 257 Å². The monoisotopic (exact) mass is 614 g/mol. The van der Waals surface area contributed by atoms with Crippen LogP contribution in [0.25, 0.3) is 0 Å². The lowest BCUT2D eigenvalue weighted by Crippen LogP contribution is -2.51. The molecule has 1 fully saturated rings. The van der Waals surface area contributed by atoms with E-state index in [1.165, 1.54) is 11.1 Å². The van der Waals surface area contributed by atoms with Crippen LogP contribution in [-0.2, 0) is 22.2 Å². The van der Waals surface area contributed by atoms with Crippen LogP contribution in [0.15, 0.2) is 48.6 Å². The third-order valence-corrected chi connectivity index (χ3v) is 9.88. The van der Waals surface area contributed by atoms with E-state index < -0.39 is 22.5 Å². The van der Waals surface area contributed by atoms with Crippen LogP contribution in [0.5, 0.6) is 5.75 Å². The zero-order valence-corrected chi connectivity index (χ0v) is 26.5. The number of hydrogen-bond acceptors (Lipinski definition) is 6. The number of aliphatic hydroxyl groups is 1. The number of allylic oxidation sites excluding steroid dienone is 1. The first kappa shape index (κ1) is 32.2. The maximum atomic E-state index is 13.0. The van der Waals surface area contributed by atoms with Crippen LogP contribution in [0, 0.1) is 11.8 Å². The van der Waals surface area contributed by atoms with E-state index in [1.54, 1.807) is 38.1 Å². The van der Waals surface area contributed by atoms with Crippen molar-refractivity contribution in [1.29, 1.82) is 0 Å². The number of aryl methyl sites for hydroxylation is 1. The number of carbonyl (C=O) groups excluding carboxylic acids is 2. The normalized spacial score (nSPS) is 22.5. The number of carbonyl (C=O) groups is 2. The smallest absolute Gasteiger partial charge is 0.263 e. The number of nitrogens with one attached hydrogen (secondary N) is 1. The van der Waals surface area contributed by atoms with Crippen molar-refractivity contribution in [2.45, 2.75) is 76.6 Å². The molecule has 0 bridgehead atoms. The summed E-state index contributed by atoms with van der Waals surface area (Å²) in [4.78, 5) is 27.3. The maximum Gasteiger partial charge on any atom is 0.263 e. The van der Waals surface area contributed by atoms with Gasteiger partial charge in [0.2, 0.25) is 0 Å². The summed E-state index contributed by atoms with van der Waals surface area (Å²) in [6, 6.07) is 11.3. The molecule has 2 aromatic rings. The molecule has 0 saturated heterocycles. The summed E-state index contributed by atoms with van der Waals surface area (Å²) in [5, 5.41) is 11.7. The molecule has 0 spiro atoms. The number of amides is 1. The number of fused-ring (bicyclic) bond motifs is 1. The minimum atomic E-state index is -1.50. The first-order chi connectivity index (χ1) is 20.1. The van der Waals surface area contributed by atoms with E-state index in [4.69, 9.17) is 16.3 Å². The number of rotatable bonds is 12. The summed E-state index contributed by atoms with van der Waals surface area (Å²) < 4.78 is 21.3. The van der Waals surface area contributed by atoms with Crippen LogP contribution in [0.2, 0.25) is 5.02 Å². The molecule has 0 aromatic heterocycles. The number of anilines is 1. The van der Waals surface area contributed by atoms with Gasteiger partial charge in [0.1, 0.15) is 22.3 Å². The molecule has 2 N–H and O–H groups in total. The molecule has 2 aliphatic rings. The van der Waals surface area contributed by atoms with Crippen LogP contribution in [0.3, 0.4) is 0 Å². The van der Waals surface area contributed by atoms with Crippen molar-refractivity contribution >= 4 is 40.5 Å². The summed E-state index contributed by atoms with van der Waals surface area (Å²) in [5.74, 6) is 0.160. The predicted molar refractivity (Wildman–Crippen MR) is 170 cm³/mol. The van der Waals surface area contributed by atoms with Gasteiger partial charge in [-0.15, -0.1) is 0 Å². The number of ether oxygens (including phenoxy) is 1. The van der Waals surface area contributed by atoms with Gasteiger partial charge in [-0.05, 0) is 93.0 Å². The fourth-order valence-corrected chi connectivity index (χ4v) is 6.69. The fraction of sp³-hybridized carbons (Fsp3) is 0.515. The van der Waals surface area contributed by atoms with E-state index in [1.807, 2.05) is 25.1 Å². The lowest BCUT2D eigenvalue weighted by atomic mass is 9.64. The molecule has 42 heavy (non-hydrogen) atoms. The molecule has 1 heterocycles. The number of benzene rings is 2. The number of nitrogens with zero attached hydrogens (tertiary/aromatic N) is 1. The van der Waals surface area contributed by atoms with Gasteiger partial charge >= 0.3 is 0 Å². The van der Waals surface area contributed by atoms with Crippen LogP contribution >= 0.6 is 11.6 Å². The molecular weight excluding hydrogens is 572 g/mol. The molecule has 7 nitrogen and oxygen atoms in total. The Morgan fingerprint density at radius 2 is 2.02 bits per heavy atom. The summed E-state index contributed by atoms with van der Waals surface area (Å²) >= 11 is 6.37. The predicted octanol–water partition coefficient (Wildman–Crippen LogP) is 6.00. The lowest BCUT2D eigenvalue weighted by molar-refractivity contribution is -0.130. The molecule has 9 heteroatoms. The summed E-state index contributed by atoms with van der Waals surface area (Å²) in [7, 11) is -1.50. The average Bonchev–Trinajstić information content (AvgIpc) is 3.13. The molecule has 0 radical (unpaired) electrons. The number of halogens is 1. The quantitative estimate of drug-likeness (QED) is 0.225. The topological polar surface area (TPSA) is 95.9 Å². The highest BCUT2D eigenvalue weighted by atomic mass is 35.5. The van der Waals surface area contributed by atoms with Crippen molar-refractivity contribution in [2.75, 3.05) is 24.6 Å². The fourth-order valence-electron chi connectivity index (χ4n) is 5.96. The molecule has 1 saturated carbocycles. The lowest BCUT2D eigenvalue weighted by Gasteiger charge is -2.46. The van der Waals surface area contributed by atoms with Gasteiger partial charge in [-0.2, -0.15) is 0 Å². The minimum absolute atomic E-state index is 0.0328. The average molecular weight is 615 g/mol. The van der Waals surface area contributed by atoms with E-state index in [2.05, 4.69) is 22.6 Å². The Morgan fingerprint density at radius 3 is 2.67 bits per heavy atom. The Hall–Kier alpha value is -2.68. The van der Waals surface area contributed by atoms with E-state index in [-0.39, 0.29) is 23.0 Å². The van der Waals surface area contributed by atoms with Gasteiger partial charge in [0, 0.05) is 40.8 Å². The van der Waals surface area contributed by atoms with Crippen LogP contribution in [-0.4, -0.2) is 52.1 Å². The van der Waals surface area contributed by atoms with Crippen molar-refractivity contribution in [2.24, 2.45) is 11.8 Å². The third kappa shape index (κ3) is 7.26. The van der Waals surface area contributed by atoms with Gasteiger partial charge in [0.05, 0.1) is 12.3 Å². The second kappa shape index (κ2) is 14.2. The zero-order valence-electron chi connectivity index (χ0n) is 25.0. The largest absolute Gasteiger partial charge is 0.491 e. The van der Waals surface area contributed by atoms with Gasteiger partial charge in [-0.3, -0.25) is 14.3 Å². The van der Waals surface area contributed by atoms with Crippen molar-refractivity contribution in [3.8, 4) is 5.75 Å². The van der Waals surface area contributed by atoms with Gasteiger partial charge in [-0.25, -0.2) is 4.21 Å². The molecule has 1 amide bonds. The molecule has 4 unspecified atom stereocenters. The Bertz CT molecular complexity index is 1330. The maximum absolute atomic E-state index is 13.0. The Morgan fingerprint density at radius 1 is 1.24 bits per heavy atom. The molecule has 2 aromatic carbocycles. The van der Waals surface area contributed by atoms with Crippen molar-refractivity contribution < 1.29 is 23.6 Å². The third-order valence-electron chi connectivity index (χ3n) is 8.40. The van der Waals surface area contributed by atoms with Gasteiger partial charge in [0.25, 0.3) is 5.91 Å². The van der Waals surface area contributed by atoms with Crippen molar-refractivity contribution in [1.82, 2.24) is 4.72 Å². The molecule has 1 aliphatic heterocycles. The number of aldehydes is 1. The van der Waals surface area contributed by atoms with Gasteiger partial charge < -0.3 is 14.7 Å². The zero-order chi connectivity index (χ0) is 30.4. The van der Waals surface area contributed by atoms with Crippen molar-refractivity contribution in [3.05, 3.63) is 70.3 Å². The summed E-state index contributed by atoms with van der Waals surface area (Å²) in [6.45, 7) is 9.37. The van der Waals surface area contributed by atoms with E-state index in [0.717, 1.165) is 37.8 Å². The van der Waals surface area contributed by atoms with Gasteiger partial charge in [-0.1, -0.05) is 44.0 Å². The Kier molecular flexibility index (Phi) is 10.9. The standard InChI is InChI=1S/C33H43ClN2O5S/c1-5-7-15-33(39,21-37)29-13-9-25(29)18-36-19-26(28-12-11-27(34)16-23(28)8-6-2)20-41-31-14-10-24(17-30(31)36)32(38)35-42(40)22(3)4/h7,10-12,14-17,21-22,25-26,29,39H,5-6,8-9,13,18-20H2,1-4H3,(H,35,38)/b15-7+/t25?,26?,29?,33-,42?/m1/s1. The molecule has 5 atom stereocenters. The molecule has 1 aliphatic carbocycles.